The molecule has 0 aliphatic heterocycles. The van der Waals surface area contributed by atoms with Crippen LogP contribution in [0.15, 0.2) is 5.34 Å². The topological polar surface area (TPSA) is 164 Å². The van der Waals surface area contributed by atoms with Crippen molar-refractivity contribution in [2.75, 3.05) is 0 Å². The Labute approximate surface area is 104 Å². The van der Waals surface area contributed by atoms with Crippen molar-refractivity contribution >= 4 is 17.9 Å². The van der Waals surface area contributed by atoms with Gasteiger partial charge in [0.25, 0.3) is 0 Å². The Hall–Kier alpha value is -1.96. The third-order valence-electron chi connectivity index (χ3n) is 0. The number of carboxylic acids is 3. The van der Waals surface area contributed by atoms with Gasteiger partial charge in [0, 0.05) is 19.5 Å². The van der Waals surface area contributed by atoms with E-state index in [2.05, 4.69) is 20.8 Å². The van der Waals surface area contributed by atoms with Crippen LogP contribution in [0.4, 0.5) is 0 Å². The molecule has 0 aromatic carbocycles. The van der Waals surface area contributed by atoms with Gasteiger partial charge in [0.15, 0.2) is 17.9 Å². The monoisotopic (exact) mass is 287 g/mol. The molecule has 0 bridgehead atoms. The fourth-order valence-electron chi connectivity index (χ4n) is 0. The van der Waals surface area contributed by atoms with E-state index >= 15 is 0 Å². The summed E-state index contributed by atoms with van der Waals surface area (Å²) in [6, 6.07) is 0. The molecule has 0 rings (SSSR count). The zero-order chi connectivity index (χ0) is 13.4. The Morgan fingerprint density at radius 3 is 0.875 bits per heavy atom. The third kappa shape index (κ3) is 384. The molecular formula is C6H9NO8Zn-4. The summed E-state index contributed by atoms with van der Waals surface area (Å²) >= 11 is 0. The molecule has 0 saturated heterocycles. The van der Waals surface area contributed by atoms with Crippen molar-refractivity contribution in [2.45, 2.75) is 0 Å². The Balaban J connectivity index is -0.0000000331. The van der Waals surface area contributed by atoms with E-state index in [4.69, 9.17) is 39.8 Å². The minimum Gasteiger partial charge on any atom is -0.503 e. The molecule has 0 spiro atoms. The summed E-state index contributed by atoms with van der Waals surface area (Å²) in [6.45, 7) is 7.67. The number of rotatable bonds is 0. The van der Waals surface area contributed by atoms with Crippen LogP contribution < -0.4 is 0 Å². The summed E-state index contributed by atoms with van der Waals surface area (Å²) < 4.78 is 0. The molecular weight excluding hydrogens is 279 g/mol. The van der Waals surface area contributed by atoms with Crippen molar-refractivity contribution in [3.05, 3.63) is 30.9 Å². The fraction of sp³-hybridized carbons (Fsp3) is 0. The molecule has 0 amide bonds. The van der Waals surface area contributed by atoms with Crippen molar-refractivity contribution in [1.82, 2.24) is 0 Å². The van der Waals surface area contributed by atoms with Gasteiger partial charge in [-0.05, 0) is 0 Å². The van der Waals surface area contributed by atoms with E-state index in [9.17, 15) is 0 Å². The number of carboxylic acid groups (broad SMARTS) is 3. The smallest absolute Gasteiger partial charge is 0.161 e. The van der Waals surface area contributed by atoms with Gasteiger partial charge in [-0.2, -0.15) is 0 Å². The standard InChI is InChI=1S/3C2H3O2.HNO2.Zn/c3*1-2(3)4;2-1-3;/h3*1H2,(H,3,4);(H,2,3);/q3*-1;;/p-1. The minimum absolute atomic E-state index is 0. The summed E-state index contributed by atoms with van der Waals surface area (Å²) in [7, 11) is 0. The van der Waals surface area contributed by atoms with Crippen LogP contribution >= 0.6 is 0 Å². The molecule has 0 aromatic heterocycles. The number of nitrogens with zero attached hydrogens (tertiary/aromatic N) is 1. The van der Waals surface area contributed by atoms with Crippen LogP contribution in [0.5, 0.6) is 0 Å². The Kier molecular flexibility index (Phi) is 53.4. The zero-order valence-corrected chi connectivity index (χ0v) is 11.1. The average Bonchev–Trinajstić information content (AvgIpc) is 1.81. The molecule has 0 aromatic rings. The fourth-order valence-corrected chi connectivity index (χ4v) is 0. The van der Waals surface area contributed by atoms with E-state index in [0.717, 1.165) is 5.34 Å². The predicted octanol–water partition coefficient (Wildman–Crippen LogP) is -0.0366. The molecule has 0 unspecified atom stereocenters. The maximum absolute atomic E-state index is 8.89. The van der Waals surface area contributed by atoms with Crippen LogP contribution in [-0.4, -0.2) is 33.2 Å². The molecule has 0 aliphatic rings. The zero-order valence-electron chi connectivity index (χ0n) is 8.16. The van der Waals surface area contributed by atoms with Gasteiger partial charge < -0.3 is 25.4 Å². The second kappa shape index (κ2) is 29.2. The predicted molar refractivity (Wildman–Crippen MR) is 48.1 cm³/mol. The summed E-state index contributed by atoms with van der Waals surface area (Å²) in [5.74, 6) is -3.25. The van der Waals surface area contributed by atoms with Crippen molar-refractivity contribution in [3.63, 3.8) is 0 Å². The van der Waals surface area contributed by atoms with Crippen LogP contribution in [0.3, 0.4) is 0 Å². The Bertz CT molecular complexity index is 154. The first kappa shape index (κ1) is 29.2. The summed E-state index contributed by atoms with van der Waals surface area (Å²) in [5, 5.41) is 30.9. The van der Waals surface area contributed by atoms with Crippen molar-refractivity contribution in [2.24, 2.45) is 5.34 Å². The number of carbonyl (C=O) groups is 3. The Morgan fingerprint density at radius 2 is 0.875 bits per heavy atom. The van der Waals surface area contributed by atoms with E-state index in [1.54, 1.807) is 0 Å². The van der Waals surface area contributed by atoms with Gasteiger partial charge in [-0.15, -0.1) is 5.34 Å². The molecule has 0 atom stereocenters. The van der Waals surface area contributed by atoms with Crippen LogP contribution in [0, 0.1) is 30.9 Å². The van der Waals surface area contributed by atoms with E-state index in [-0.39, 0.29) is 19.5 Å². The van der Waals surface area contributed by atoms with Crippen LogP contribution in [-0.2, 0) is 33.9 Å². The van der Waals surface area contributed by atoms with E-state index < -0.39 is 17.9 Å². The summed E-state index contributed by atoms with van der Waals surface area (Å²) in [6.07, 6.45) is 0. The van der Waals surface area contributed by atoms with Crippen LogP contribution in [0.2, 0.25) is 0 Å². The van der Waals surface area contributed by atoms with Gasteiger partial charge in [0.1, 0.15) is 0 Å². The number of aliphatic carboxylic acids is 3. The average molecular weight is 289 g/mol. The molecule has 3 N–H and O–H groups in total. The minimum atomic E-state index is -1.08. The van der Waals surface area contributed by atoms with Gasteiger partial charge in [0.05, 0.1) is 0 Å². The summed E-state index contributed by atoms with van der Waals surface area (Å²) in [5.41, 5.74) is 0. The van der Waals surface area contributed by atoms with Gasteiger partial charge in [-0.25, -0.2) is 0 Å². The van der Waals surface area contributed by atoms with Gasteiger partial charge in [-0.1, -0.05) is 0 Å². The molecule has 92 valence electrons. The normalized spacial score (nSPS) is 5.25. The maximum Gasteiger partial charge on any atom is 0.161 e. The first-order chi connectivity index (χ1) is 6.61. The molecule has 10 heteroatoms. The molecule has 16 heavy (non-hydrogen) atoms. The molecule has 9 nitrogen and oxygen atoms in total. The molecule has 0 saturated carbocycles. The van der Waals surface area contributed by atoms with Crippen molar-refractivity contribution in [3.8, 4) is 0 Å². The number of hydrogen-bond donors (Lipinski definition) is 3. The SMILES string of the molecule is O=N[O-].[CH2-]C(=O)O.[CH2-]C(=O)O.[CH2-]C(=O)O.[Zn]. The first-order valence-electron chi connectivity index (χ1n) is 2.71. The van der Waals surface area contributed by atoms with Crippen molar-refractivity contribution < 1.29 is 49.2 Å². The van der Waals surface area contributed by atoms with Gasteiger partial charge in [-0.3, -0.25) is 35.2 Å². The third-order valence-corrected chi connectivity index (χ3v) is 0. The first-order valence-corrected chi connectivity index (χ1v) is 2.71. The molecule has 0 aliphatic carbocycles. The molecule has 0 radical (unpaired) electrons. The van der Waals surface area contributed by atoms with Crippen molar-refractivity contribution in [1.29, 1.82) is 0 Å². The largest absolute Gasteiger partial charge is 0.503 e. The van der Waals surface area contributed by atoms with E-state index in [1.807, 2.05) is 0 Å². The number of hydrogen-bond acceptors (Lipinski definition) is 6. The van der Waals surface area contributed by atoms with E-state index in [0.29, 0.717) is 0 Å². The molecule has 0 heterocycles. The van der Waals surface area contributed by atoms with Crippen LogP contribution in [0.25, 0.3) is 0 Å². The quantitative estimate of drug-likeness (QED) is 0.242. The second-order valence-electron chi connectivity index (χ2n) is 1.26. The summed E-state index contributed by atoms with van der Waals surface area (Å²) in [4.78, 5) is 34.7. The Morgan fingerprint density at radius 1 is 0.875 bits per heavy atom. The molecule has 0 fully saturated rings. The second-order valence-corrected chi connectivity index (χ2v) is 1.26. The van der Waals surface area contributed by atoms with E-state index in [1.165, 1.54) is 0 Å². The van der Waals surface area contributed by atoms with Gasteiger partial charge in [0.2, 0.25) is 0 Å². The van der Waals surface area contributed by atoms with Crippen LogP contribution in [0.1, 0.15) is 0 Å². The maximum atomic E-state index is 8.89. The van der Waals surface area contributed by atoms with Gasteiger partial charge >= 0.3 is 0 Å².